The minimum atomic E-state index is -0.0601. The first-order valence-electron chi connectivity index (χ1n) is 11.7. The van der Waals surface area contributed by atoms with Crippen LogP contribution in [0.2, 0.25) is 0 Å². The van der Waals surface area contributed by atoms with Crippen LogP contribution in [0, 0.1) is 5.92 Å². The van der Waals surface area contributed by atoms with Gasteiger partial charge in [0.15, 0.2) is 0 Å². The summed E-state index contributed by atoms with van der Waals surface area (Å²) in [6.45, 7) is 5.27. The summed E-state index contributed by atoms with van der Waals surface area (Å²) in [7, 11) is 3.81. The van der Waals surface area contributed by atoms with E-state index >= 15 is 0 Å². The Morgan fingerprint density at radius 3 is 2.58 bits per heavy atom. The van der Waals surface area contributed by atoms with E-state index in [1.54, 1.807) is 14.0 Å². The lowest BCUT2D eigenvalue weighted by atomic mass is 9.68. The summed E-state index contributed by atoms with van der Waals surface area (Å²) >= 11 is 0. The number of ether oxygens (including phenoxy) is 1. The Morgan fingerprint density at radius 1 is 1.19 bits per heavy atom. The molecule has 2 aromatic rings. The standard InChI is InChI=1S/C25H35N3O3/c1-17(30)28-15-25(16-28)14-27(12-18-7-5-4-6-8-18)22(13-29)24-23(25)20-10-9-19(31-3)11-21(20)26(24)2/h9-11,18,22,29H,4-8,12-16H2,1-3H3/t22-/m0/s1. The number of methoxy groups -OCH3 is 1. The predicted molar refractivity (Wildman–Crippen MR) is 121 cm³/mol. The normalized spacial score (nSPS) is 23.7. The highest BCUT2D eigenvalue weighted by Crippen LogP contribution is 2.50. The van der Waals surface area contributed by atoms with Crippen molar-refractivity contribution in [2.24, 2.45) is 13.0 Å². The second-order valence-electron chi connectivity index (χ2n) is 9.99. The molecule has 1 spiro atoms. The number of aliphatic hydroxyl groups excluding tert-OH is 1. The zero-order valence-corrected chi connectivity index (χ0v) is 19.1. The number of likely N-dealkylation sites (tertiary alicyclic amines) is 1. The van der Waals surface area contributed by atoms with Crippen LogP contribution in [0.5, 0.6) is 5.75 Å². The first-order chi connectivity index (χ1) is 15.0. The molecule has 0 radical (unpaired) electrons. The third-order valence-corrected chi connectivity index (χ3v) is 8.07. The summed E-state index contributed by atoms with van der Waals surface area (Å²) in [6, 6.07) is 6.29. The van der Waals surface area contributed by atoms with Gasteiger partial charge in [-0.05, 0) is 36.5 Å². The van der Waals surface area contributed by atoms with Crippen molar-refractivity contribution in [2.75, 3.05) is 39.9 Å². The van der Waals surface area contributed by atoms with Crippen molar-refractivity contribution >= 4 is 16.8 Å². The van der Waals surface area contributed by atoms with E-state index in [0.717, 1.165) is 37.4 Å². The number of rotatable bonds is 4. The minimum absolute atomic E-state index is 0.00248. The third-order valence-electron chi connectivity index (χ3n) is 8.07. The summed E-state index contributed by atoms with van der Waals surface area (Å²) in [4.78, 5) is 16.6. The molecular weight excluding hydrogens is 390 g/mol. The number of aryl methyl sites for hydroxylation is 1. The van der Waals surface area contributed by atoms with Crippen molar-refractivity contribution in [3.8, 4) is 5.75 Å². The van der Waals surface area contributed by atoms with Crippen molar-refractivity contribution in [3.05, 3.63) is 29.5 Å². The van der Waals surface area contributed by atoms with Crippen LogP contribution in [0.4, 0.5) is 0 Å². The Kier molecular flexibility index (Phi) is 5.25. The maximum atomic E-state index is 12.1. The molecule has 6 nitrogen and oxygen atoms in total. The molecule has 1 aromatic heterocycles. The van der Waals surface area contributed by atoms with E-state index in [0.29, 0.717) is 5.92 Å². The largest absolute Gasteiger partial charge is 0.497 e. The van der Waals surface area contributed by atoms with Crippen molar-refractivity contribution < 1.29 is 14.6 Å². The highest BCUT2D eigenvalue weighted by Gasteiger charge is 2.54. The maximum absolute atomic E-state index is 12.1. The molecule has 31 heavy (non-hydrogen) atoms. The SMILES string of the molecule is COc1ccc2c3c(n(C)c2c1)[C@H](CO)N(CC1CCCCC1)CC31CN(C(C)=O)C1. The number of nitrogens with zero attached hydrogens (tertiary/aromatic N) is 3. The van der Waals surface area contributed by atoms with Gasteiger partial charge < -0.3 is 19.3 Å². The molecule has 3 aliphatic rings. The zero-order valence-electron chi connectivity index (χ0n) is 19.1. The summed E-state index contributed by atoms with van der Waals surface area (Å²) in [5.74, 6) is 1.70. The van der Waals surface area contributed by atoms with Crippen LogP contribution >= 0.6 is 0 Å². The first-order valence-corrected chi connectivity index (χ1v) is 11.7. The van der Waals surface area contributed by atoms with Crippen molar-refractivity contribution in [2.45, 2.75) is 50.5 Å². The Balaban J connectivity index is 1.61. The zero-order chi connectivity index (χ0) is 21.8. The van der Waals surface area contributed by atoms with E-state index in [1.807, 2.05) is 11.0 Å². The molecule has 1 amide bonds. The molecule has 2 fully saturated rings. The highest BCUT2D eigenvalue weighted by molar-refractivity contribution is 5.89. The van der Waals surface area contributed by atoms with E-state index in [1.165, 1.54) is 48.7 Å². The Morgan fingerprint density at radius 2 is 1.94 bits per heavy atom. The molecule has 168 valence electrons. The van der Waals surface area contributed by atoms with Gasteiger partial charge in [0.05, 0.1) is 25.3 Å². The van der Waals surface area contributed by atoms with Crippen molar-refractivity contribution in [3.63, 3.8) is 0 Å². The lowest BCUT2D eigenvalue weighted by Gasteiger charge is -2.56. The van der Waals surface area contributed by atoms with Gasteiger partial charge in [-0.25, -0.2) is 0 Å². The lowest BCUT2D eigenvalue weighted by molar-refractivity contribution is -0.138. The Hall–Kier alpha value is -2.05. The summed E-state index contributed by atoms with van der Waals surface area (Å²) in [6.07, 6.45) is 6.59. The molecular formula is C25H35N3O3. The number of hydrogen-bond acceptors (Lipinski definition) is 4. The van der Waals surface area contributed by atoms with Crippen LogP contribution in [-0.2, 0) is 17.3 Å². The van der Waals surface area contributed by atoms with Crippen molar-refractivity contribution in [1.82, 2.24) is 14.4 Å². The van der Waals surface area contributed by atoms with Gasteiger partial charge in [-0.15, -0.1) is 0 Å². The monoisotopic (exact) mass is 425 g/mol. The average Bonchev–Trinajstić information content (AvgIpc) is 3.04. The van der Waals surface area contributed by atoms with Crippen LogP contribution in [0.1, 0.15) is 56.3 Å². The Labute approximate surface area is 184 Å². The molecule has 6 heteroatoms. The van der Waals surface area contributed by atoms with Gasteiger partial charge in [0.25, 0.3) is 0 Å². The molecule has 1 saturated carbocycles. The van der Waals surface area contributed by atoms with Gasteiger partial charge in [-0.2, -0.15) is 0 Å². The van der Waals surface area contributed by atoms with Crippen LogP contribution in [0.3, 0.4) is 0 Å². The first kappa shape index (κ1) is 20.8. The number of aromatic nitrogens is 1. The summed E-state index contributed by atoms with van der Waals surface area (Å²) in [5.41, 5.74) is 3.64. The van der Waals surface area contributed by atoms with Crippen LogP contribution in [0.15, 0.2) is 18.2 Å². The average molecular weight is 426 g/mol. The molecule has 1 aromatic carbocycles. The molecule has 1 saturated heterocycles. The predicted octanol–water partition coefficient (Wildman–Crippen LogP) is 3.22. The van der Waals surface area contributed by atoms with Gasteiger partial charge in [0.1, 0.15) is 5.75 Å². The molecule has 2 aliphatic heterocycles. The van der Waals surface area contributed by atoms with E-state index in [2.05, 4.69) is 28.6 Å². The van der Waals surface area contributed by atoms with Crippen LogP contribution in [-0.4, -0.2) is 65.3 Å². The minimum Gasteiger partial charge on any atom is -0.497 e. The van der Waals surface area contributed by atoms with Crippen LogP contribution < -0.4 is 4.74 Å². The third kappa shape index (κ3) is 3.26. The van der Waals surface area contributed by atoms with Crippen molar-refractivity contribution in [1.29, 1.82) is 0 Å². The quantitative estimate of drug-likeness (QED) is 0.817. The smallest absolute Gasteiger partial charge is 0.219 e. The lowest BCUT2D eigenvalue weighted by Crippen LogP contribution is -2.67. The number of carbonyl (C=O) groups is 1. The van der Waals surface area contributed by atoms with Gasteiger partial charge >= 0.3 is 0 Å². The molecule has 1 aliphatic carbocycles. The van der Waals surface area contributed by atoms with Gasteiger partial charge in [0.2, 0.25) is 5.91 Å². The van der Waals surface area contributed by atoms with Gasteiger partial charge in [0, 0.05) is 62.7 Å². The second-order valence-corrected chi connectivity index (χ2v) is 9.99. The molecule has 1 atom stereocenters. The fourth-order valence-corrected chi connectivity index (χ4v) is 6.52. The second kappa shape index (κ2) is 7.82. The maximum Gasteiger partial charge on any atom is 0.219 e. The van der Waals surface area contributed by atoms with Gasteiger partial charge in [-0.3, -0.25) is 9.69 Å². The number of benzene rings is 1. The Bertz CT molecular complexity index is 986. The van der Waals surface area contributed by atoms with Gasteiger partial charge in [-0.1, -0.05) is 19.3 Å². The summed E-state index contributed by atoms with van der Waals surface area (Å²) < 4.78 is 7.76. The molecule has 5 rings (SSSR count). The number of fused-ring (bicyclic) bond motifs is 4. The fraction of sp³-hybridized carbons (Fsp3) is 0.640. The molecule has 0 bridgehead atoms. The van der Waals surface area contributed by atoms with Crippen LogP contribution in [0.25, 0.3) is 10.9 Å². The topological polar surface area (TPSA) is 57.9 Å². The van der Waals surface area contributed by atoms with E-state index in [9.17, 15) is 9.90 Å². The van der Waals surface area contributed by atoms with E-state index in [-0.39, 0.29) is 24.0 Å². The molecule has 3 heterocycles. The fourth-order valence-electron chi connectivity index (χ4n) is 6.52. The van der Waals surface area contributed by atoms with E-state index < -0.39 is 0 Å². The molecule has 0 unspecified atom stereocenters. The highest BCUT2D eigenvalue weighted by atomic mass is 16.5. The number of carbonyl (C=O) groups excluding carboxylic acids is 1. The number of amides is 1. The summed E-state index contributed by atoms with van der Waals surface area (Å²) in [5, 5.41) is 11.8. The molecule has 1 N–H and O–H groups in total. The number of hydrogen-bond donors (Lipinski definition) is 1. The van der Waals surface area contributed by atoms with E-state index in [4.69, 9.17) is 4.74 Å². The number of aliphatic hydroxyl groups is 1.